The summed E-state index contributed by atoms with van der Waals surface area (Å²) < 4.78 is 0. The van der Waals surface area contributed by atoms with Crippen molar-refractivity contribution in [1.29, 1.82) is 0 Å². The highest BCUT2D eigenvalue weighted by Gasteiger charge is 2.46. The highest BCUT2D eigenvalue weighted by molar-refractivity contribution is 5.84. The fourth-order valence-corrected chi connectivity index (χ4v) is 2.62. The van der Waals surface area contributed by atoms with Crippen molar-refractivity contribution in [3.63, 3.8) is 0 Å². The summed E-state index contributed by atoms with van der Waals surface area (Å²) in [6.07, 6.45) is 0.901. The molecule has 0 aliphatic carbocycles. The van der Waals surface area contributed by atoms with E-state index in [0.717, 1.165) is 19.5 Å². The Morgan fingerprint density at radius 3 is 2.41 bits per heavy atom. The Bertz CT molecular complexity index is 258. The summed E-state index contributed by atoms with van der Waals surface area (Å²) in [7, 11) is 0. The smallest absolute Gasteiger partial charge is 0.230 e. The molecule has 1 atom stereocenters. The van der Waals surface area contributed by atoms with Gasteiger partial charge in [0.25, 0.3) is 0 Å². The van der Waals surface area contributed by atoms with E-state index in [1.54, 1.807) is 0 Å². The molecule has 1 unspecified atom stereocenters. The molecular weight excluding hydrogens is 216 g/mol. The number of hydrogen-bond donors (Lipinski definition) is 2. The average molecular weight is 242 g/mol. The first kappa shape index (κ1) is 14.5. The topological polar surface area (TPSA) is 52.6 Å². The van der Waals surface area contributed by atoms with Crippen LogP contribution in [0.5, 0.6) is 0 Å². The molecule has 1 saturated heterocycles. The van der Waals surface area contributed by atoms with Crippen LogP contribution in [0.4, 0.5) is 0 Å². The van der Waals surface area contributed by atoms with Crippen molar-refractivity contribution in [3.05, 3.63) is 0 Å². The number of carbonyl (C=O) groups excluding carboxylic acids is 1. The second-order valence-corrected chi connectivity index (χ2v) is 5.55. The van der Waals surface area contributed by atoms with Gasteiger partial charge in [-0.1, -0.05) is 13.8 Å². The second kappa shape index (κ2) is 5.83. The lowest BCUT2D eigenvalue weighted by molar-refractivity contribution is -0.146. The van der Waals surface area contributed by atoms with Crippen LogP contribution in [0.2, 0.25) is 0 Å². The number of nitrogens with one attached hydrogen (secondary N) is 1. The molecule has 1 aliphatic heterocycles. The maximum absolute atomic E-state index is 12.7. The van der Waals surface area contributed by atoms with Gasteiger partial charge in [-0.25, -0.2) is 0 Å². The van der Waals surface area contributed by atoms with Crippen LogP contribution < -0.4 is 5.32 Å². The summed E-state index contributed by atoms with van der Waals surface area (Å²) in [6.45, 7) is 10.4. The van der Waals surface area contributed by atoms with Crippen molar-refractivity contribution in [2.24, 2.45) is 11.3 Å². The van der Waals surface area contributed by atoms with Gasteiger partial charge in [0.05, 0.1) is 12.0 Å². The minimum Gasteiger partial charge on any atom is -0.395 e. The zero-order valence-electron chi connectivity index (χ0n) is 11.5. The molecule has 1 aliphatic rings. The Morgan fingerprint density at radius 2 is 2.06 bits per heavy atom. The first-order valence-electron chi connectivity index (χ1n) is 6.58. The van der Waals surface area contributed by atoms with Crippen molar-refractivity contribution in [1.82, 2.24) is 10.2 Å². The van der Waals surface area contributed by atoms with Crippen molar-refractivity contribution in [3.8, 4) is 0 Å². The minimum atomic E-state index is -0.278. The van der Waals surface area contributed by atoms with Crippen LogP contribution in [0.15, 0.2) is 0 Å². The summed E-state index contributed by atoms with van der Waals surface area (Å²) in [5.74, 6) is 0.520. The molecule has 0 bridgehead atoms. The van der Waals surface area contributed by atoms with Crippen LogP contribution in [0.25, 0.3) is 0 Å². The first-order chi connectivity index (χ1) is 7.95. The van der Waals surface area contributed by atoms with Gasteiger partial charge >= 0.3 is 0 Å². The van der Waals surface area contributed by atoms with Gasteiger partial charge in [-0.05, 0) is 32.7 Å². The molecule has 2 N–H and O–H groups in total. The van der Waals surface area contributed by atoms with E-state index in [0.29, 0.717) is 12.5 Å². The van der Waals surface area contributed by atoms with E-state index in [-0.39, 0.29) is 24.0 Å². The van der Waals surface area contributed by atoms with Gasteiger partial charge in [0, 0.05) is 19.1 Å². The van der Waals surface area contributed by atoms with Crippen molar-refractivity contribution in [2.75, 3.05) is 26.2 Å². The van der Waals surface area contributed by atoms with Gasteiger partial charge in [0.2, 0.25) is 5.91 Å². The lowest BCUT2D eigenvalue weighted by Gasteiger charge is -2.38. The van der Waals surface area contributed by atoms with E-state index < -0.39 is 0 Å². The lowest BCUT2D eigenvalue weighted by Crippen LogP contribution is -2.51. The number of hydrogen-bond acceptors (Lipinski definition) is 3. The van der Waals surface area contributed by atoms with E-state index in [9.17, 15) is 4.79 Å². The molecule has 1 fully saturated rings. The van der Waals surface area contributed by atoms with E-state index >= 15 is 0 Å². The average Bonchev–Trinajstić information content (AvgIpc) is 2.74. The van der Waals surface area contributed by atoms with Crippen molar-refractivity contribution in [2.45, 2.75) is 40.2 Å². The third kappa shape index (κ3) is 2.80. The maximum atomic E-state index is 12.7. The summed E-state index contributed by atoms with van der Waals surface area (Å²) in [4.78, 5) is 14.5. The quantitative estimate of drug-likeness (QED) is 0.751. The van der Waals surface area contributed by atoms with Crippen LogP contribution in [0.3, 0.4) is 0 Å². The molecule has 0 saturated carbocycles. The summed E-state index contributed by atoms with van der Waals surface area (Å²) in [6, 6.07) is 0.144. The SMILES string of the molecule is CC(C)N(CCO)C(=O)C1(C(C)C)CCNC1. The van der Waals surface area contributed by atoms with Crippen LogP contribution in [0, 0.1) is 11.3 Å². The zero-order chi connectivity index (χ0) is 13.1. The summed E-state index contributed by atoms with van der Waals surface area (Å²) in [5, 5.41) is 12.4. The number of aliphatic hydroxyl groups is 1. The van der Waals surface area contributed by atoms with Gasteiger partial charge in [-0.15, -0.1) is 0 Å². The standard InChI is InChI=1S/C13H26N2O2/c1-10(2)13(5-6-14-9-13)12(17)15(7-8-16)11(3)4/h10-11,14,16H,5-9H2,1-4H3. The minimum absolute atomic E-state index is 0.0333. The van der Waals surface area contributed by atoms with E-state index in [1.165, 1.54) is 0 Å². The molecule has 4 nitrogen and oxygen atoms in total. The van der Waals surface area contributed by atoms with E-state index in [2.05, 4.69) is 19.2 Å². The van der Waals surface area contributed by atoms with Gasteiger partial charge < -0.3 is 15.3 Å². The molecule has 17 heavy (non-hydrogen) atoms. The molecule has 0 radical (unpaired) electrons. The fourth-order valence-electron chi connectivity index (χ4n) is 2.62. The molecular formula is C13H26N2O2. The Morgan fingerprint density at radius 1 is 1.41 bits per heavy atom. The Balaban J connectivity index is 2.90. The first-order valence-corrected chi connectivity index (χ1v) is 6.58. The fraction of sp³-hybridized carbons (Fsp3) is 0.923. The van der Waals surface area contributed by atoms with Gasteiger partial charge in [0.15, 0.2) is 0 Å². The van der Waals surface area contributed by atoms with Crippen LogP contribution in [0.1, 0.15) is 34.1 Å². The van der Waals surface area contributed by atoms with Gasteiger partial charge in [-0.2, -0.15) is 0 Å². The van der Waals surface area contributed by atoms with Crippen molar-refractivity contribution >= 4 is 5.91 Å². The predicted molar refractivity (Wildman–Crippen MR) is 68.7 cm³/mol. The summed E-state index contributed by atoms with van der Waals surface area (Å²) >= 11 is 0. The van der Waals surface area contributed by atoms with Crippen LogP contribution >= 0.6 is 0 Å². The summed E-state index contributed by atoms with van der Waals surface area (Å²) in [5.41, 5.74) is -0.278. The molecule has 1 amide bonds. The molecule has 4 heteroatoms. The zero-order valence-corrected chi connectivity index (χ0v) is 11.5. The lowest BCUT2D eigenvalue weighted by atomic mass is 9.75. The second-order valence-electron chi connectivity index (χ2n) is 5.55. The molecule has 0 aromatic rings. The molecule has 1 rings (SSSR count). The van der Waals surface area contributed by atoms with E-state index in [1.807, 2.05) is 18.7 Å². The third-order valence-electron chi connectivity index (χ3n) is 3.94. The number of aliphatic hydroxyl groups excluding tert-OH is 1. The number of amides is 1. The van der Waals surface area contributed by atoms with Gasteiger partial charge in [0.1, 0.15) is 0 Å². The van der Waals surface area contributed by atoms with Gasteiger partial charge in [-0.3, -0.25) is 4.79 Å². The highest BCUT2D eigenvalue weighted by Crippen LogP contribution is 2.36. The number of carbonyl (C=O) groups is 1. The van der Waals surface area contributed by atoms with Crippen molar-refractivity contribution < 1.29 is 9.90 Å². The Hall–Kier alpha value is -0.610. The normalized spacial score (nSPS) is 24.6. The third-order valence-corrected chi connectivity index (χ3v) is 3.94. The number of nitrogens with zero attached hydrogens (tertiary/aromatic N) is 1. The molecule has 1 heterocycles. The molecule has 0 aromatic heterocycles. The van der Waals surface area contributed by atoms with Crippen LogP contribution in [-0.4, -0.2) is 48.2 Å². The largest absolute Gasteiger partial charge is 0.395 e. The van der Waals surface area contributed by atoms with Crippen LogP contribution in [-0.2, 0) is 4.79 Å². The predicted octanol–water partition coefficient (Wildman–Crippen LogP) is 0.851. The highest BCUT2D eigenvalue weighted by atomic mass is 16.3. The maximum Gasteiger partial charge on any atom is 0.230 e. The number of rotatable bonds is 5. The molecule has 0 spiro atoms. The Kier molecular flexibility index (Phi) is 4.95. The molecule has 0 aromatic carbocycles. The monoisotopic (exact) mass is 242 g/mol. The molecule has 100 valence electrons. The Labute approximate surface area is 104 Å². The van der Waals surface area contributed by atoms with E-state index in [4.69, 9.17) is 5.11 Å².